The first-order chi connectivity index (χ1) is 6.61. The lowest BCUT2D eigenvalue weighted by molar-refractivity contribution is -0.114. The van der Waals surface area contributed by atoms with Gasteiger partial charge >= 0.3 is 0 Å². The molecule has 0 aromatic rings. The van der Waals surface area contributed by atoms with Crippen molar-refractivity contribution in [1.29, 1.82) is 0 Å². The van der Waals surface area contributed by atoms with Crippen molar-refractivity contribution >= 4 is 5.91 Å². The second-order valence-corrected chi connectivity index (χ2v) is 3.31. The summed E-state index contributed by atoms with van der Waals surface area (Å²) in [5.74, 6) is -0.431. The molecule has 0 aromatic carbocycles. The van der Waals surface area contributed by atoms with Crippen LogP contribution in [0.5, 0.6) is 0 Å². The number of primary amides is 1. The second kappa shape index (κ2) is 7.13. The molecule has 0 aliphatic heterocycles. The Bertz CT molecular complexity index is 261. The number of amides is 1. The van der Waals surface area contributed by atoms with Crippen LogP contribution < -0.4 is 5.73 Å². The topological polar surface area (TPSA) is 43.1 Å². The Kier molecular flexibility index (Phi) is 6.46. The average molecular weight is 193 g/mol. The van der Waals surface area contributed by atoms with Gasteiger partial charge in [0.05, 0.1) is 0 Å². The van der Waals surface area contributed by atoms with E-state index in [2.05, 4.69) is 13.5 Å². The molecule has 0 heterocycles. The second-order valence-electron chi connectivity index (χ2n) is 3.31. The zero-order valence-electron chi connectivity index (χ0n) is 9.05. The molecule has 2 heteroatoms. The van der Waals surface area contributed by atoms with E-state index >= 15 is 0 Å². The molecule has 0 atom stereocenters. The molecule has 0 saturated carbocycles. The molecule has 0 radical (unpaired) electrons. The minimum Gasteiger partial charge on any atom is -0.366 e. The Balaban J connectivity index is 4.34. The summed E-state index contributed by atoms with van der Waals surface area (Å²) in [4.78, 5) is 10.8. The van der Waals surface area contributed by atoms with Gasteiger partial charge in [-0.1, -0.05) is 37.6 Å². The van der Waals surface area contributed by atoms with Crippen molar-refractivity contribution in [3.05, 3.63) is 36.0 Å². The molecule has 2 nitrogen and oxygen atoms in total. The molecule has 0 unspecified atom stereocenters. The van der Waals surface area contributed by atoms with Gasteiger partial charge in [0.25, 0.3) is 0 Å². The van der Waals surface area contributed by atoms with E-state index in [1.165, 1.54) is 24.5 Å². The molecule has 0 bridgehead atoms. The van der Waals surface area contributed by atoms with E-state index in [-0.39, 0.29) is 0 Å². The van der Waals surface area contributed by atoms with Crippen molar-refractivity contribution in [2.75, 3.05) is 0 Å². The Hall–Kier alpha value is -1.31. The summed E-state index contributed by atoms with van der Waals surface area (Å²) in [6.45, 7) is 7.73. The number of hydrogen-bond acceptors (Lipinski definition) is 1. The van der Waals surface area contributed by atoms with E-state index in [4.69, 9.17) is 5.73 Å². The van der Waals surface area contributed by atoms with Crippen LogP contribution in [0.4, 0.5) is 0 Å². The molecule has 14 heavy (non-hydrogen) atoms. The lowest BCUT2D eigenvalue weighted by Gasteiger charge is -1.97. The zero-order valence-corrected chi connectivity index (χ0v) is 9.05. The normalized spacial score (nSPS) is 12.7. The molecule has 0 aliphatic carbocycles. The third kappa shape index (κ3) is 5.36. The monoisotopic (exact) mass is 193 g/mol. The van der Waals surface area contributed by atoms with Crippen LogP contribution in [0.15, 0.2) is 36.0 Å². The van der Waals surface area contributed by atoms with Gasteiger partial charge in [0.2, 0.25) is 5.91 Å². The van der Waals surface area contributed by atoms with Crippen LogP contribution >= 0.6 is 0 Å². The highest BCUT2D eigenvalue weighted by Gasteiger charge is 1.96. The quantitative estimate of drug-likeness (QED) is 0.511. The lowest BCUT2D eigenvalue weighted by Crippen LogP contribution is -2.11. The summed E-state index contributed by atoms with van der Waals surface area (Å²) < 4.78 is 0. The maximum atomic E-state index is 10.8. The van der Waals surface area contributed by atoms with E-state index in [0.717, 1.165) is 6.42 Å². The lowest BCUT2D eigenvalue weighted by atomic mass is 10.1. The number of rotatable bonds is 6. The fourth-order valence-corrected chi connectivity index (χ4v) is 1.02. The van der Waals surface area contributed by atoms with Crippen LogP contribution in [-0.2, 0) is 4.79 Å². The van der Waals surface area contributed by atoms with E-state index in [9.17, 15) is 4.79 Å². The van der Waals surface area contributed by atoms with Crippen LogP contribution in [0.2, 0.25) is 0 Å². The summed E-state index contributed by atoms with van der Waals surface area (Å²) in [5.41, 5.74) is 6.84. The fraction of sp³-hybridized carbons (Fsp3) is 0.417. The minimum absolute atomic E-state index is 0.431. The third-order valence-corrected chi connectivity index (χ3v) is 1.98. The van der Waals surface area contributed by atoms with Gasteiger partial charge in [0.1, 0.15) is 0 Å². The van der Waals surface area contributed by atoms with Crippen molar-refractivity contribution in [2.45, 2.75) is 33.1 Å². The Morgan fingerprint density at radius 3 is 2.50 bits per heavy atom. The van der Waals surface area contributed by atoms with E-state index < -0.39 is 5.91 Å². The number of allylic oxidation sites excluding steroid dienone is 3. The van der Waals surface area contributed by atoms with Gasteiger partial charge in [-0.2, -0.15) is 0 Å². The highest BCUT2D eigenvalue weighted by atomic mass is 16.1. The number of hydrogen-bond donors (Lipinski definition) is 1. The first kappa shape index (κ1) is 12.7. The molecular weight excluding hydrogens is 174 g/mol. The van der Waals surface area contributed by atoms with Crippen LogP contribution in [-0.4, -0.2) is 5.91 Å². The molecule has 0 aromatic heterocycles. The van der Waals surface area contributed by atoms with Gasteiger partial charge in [-0.3, -0.25) is 4.79 Å². The maximum absolute atomic E-state index is 10.8. The number of carbonyl (C=O) groups excluding carboxylic acids is 1. The standard InChI is InChI=1S/C12H19NO/c1-4-6-7-10(3)8-9-11(5-2)12(13)14/h5,8-9H,2,4,6-7H2,1,3H3,(H2,13,14)/b10-8+,11-9+. The first-order valence-electron chi connectivity index (χ1n) is 4.91. The first-order valence-corrected chi connectivity index (χ1v) is 4.91. The fourth-order valence-electron chi connectivity index (χ4n) is 1.02. The van der Waals surface area contributed by atoms with Gasteiger partial charge in [0, 0.05) is 5.57 Å². The van der Waals surface area contributed by atoms with Crippen LogP contribution in [0, 0.1) is 0 Å². The highest BCUT2D eigenvalue weighted by Crippen LogP contribution is 2.07. The van der Waals surface area contributed by atoms with E-state index in [1.54, 1.807) is 6.08 Å². The smallest absolute Gasteiger partial charge is 0.248 e. The van der Waals surface area contributed by atoms with Gasteiger partial charge in [0.15, 0.2) is 0 Å². The van der Waals surface area contributed by atoms with Crippen LogP contribution in [0.1, 0.15) is 33.1 Å². The minimum atomic E-state index is -0.431. The summed E-state index contributed by atoms with van der Waals surface area (Å²) in [5, 5.41) is 0. The summed E-state index contributed by atoms with van der Waals surface area (Å²) in [6.07, 6.45) is 8.55. The molecule has 2 N–H and O–H groups in total. The molecule has 0 fully saturated rings. The molecule has 78 valence electrons. The molecule has 0 rings (SSSR count). The molecule has 1 amide bonds. The Morgan fingerprint density at radius 2 is 2.07 bits per heavy atom. The maximum Gasteiger partial charge on any atom is 0.248 e. The number of nitrogens with two attached hydrogens (primary N) is 1. The van der Waals surface area contributed by atoms with Gasteiger partial charge in [-0.25, -0.2) is 0 Å². The summed E-state index contributed by atoms with van der Waals surface area (Å²) >= 11 is 0. The largest absolute Gasteiger partial charge is 0.366 e. The average Bonchev–Trinajstić information content (AvgIpc) is 2.15. The van der Waals surface area contributed by atoms with Gasteiger partial charge < -0.3 is 5.73 Å². The number of carbonyl (C=O) groups is 1. The van der Waals surface area contributed by atoms with Crippen molar-refractivity contribution in [3.63, 3.8) is 0 Å². The Morgan fingerprint density at radius 1 is 1.43 bits per heavy atom. The van der Waals surface area contributed by atoms with E-state index in [1.807, 2.05) is 13.0 Å². The SMILES string of the molecule is C=C/C(=C\C=C(/C)CCCC)C(N)=O. The molecule has 0 saturated heterocycles. The van der Waals surface area contributed by atoms with Crippen LogP contribution in [0.25, 0.3) is 0 Å². The van der Waals surface area contributed by atoms with Crippen molar-refractivity contribution < 1.29 is 4.79 Å². The van der Waals surface area contributed by atoms with Crippen molar-refractivity contribution in [1.82, 2.24) is 0 Å². The molecular formula is C12H19NO. The van der Waals surface area contributed by atoms with Crippen molar-refractivity contribution in [3.8, 4) is 0 Å². The molecule has 0 aliphatic rings. The van der Waals surface area contributed by atoms with Crippen molar-refractivity contribution in [2.24, 2.45) is 5.73 Å². The zero-order chi connectivity index (χ0) is 11.0. The predicted molar refractivity (Wildman–Crippen MR) is 60.8 cm³/mol. The van der Waals surface area contributed by atoms with Gasteiger partial charge in [-0.05, 0) is 25.8 Å². The van der Waals surface area contributed by atoms with E-state index in [0.29, 0.717) is 5.57 Å². The highest BCUT2D eigenvalue weighted by molar-refractivity contribution is 5.94. The third-order valence-electron chi connectivity index (χ3n) is 1.98. The number of unbranched alkanes of at least 4 members (excludes halogenated alkanes) is 1. The Labute approximate surface area is 86.2 Å². The van der Waals surface area contributed by atoms with Gasteiger partial charge in [-0.15, -0.1) is 0 Å². The summed E-state index contributed by atoms with van der Waals surface area (Å²) in [6, 6.07) is 0. The molecule has 0 spiro atoms. The van der Waals surface area contributed by atoms with Crippen LogP contribution in [0.3, 0.4) is 0 Å². The summed E-state index contributed by atoms with van der Waals surface area (Å²) in [7, 11) is 0. The predicted octanol–water partition coefficient (Wildman–Crippen LogP) is 2.72.